The Morgan fingerprint density at radius 1 is 1.19 bits per heavy atom. The second kappa shape index (κ2) is 8.06. The van der Waals surface area contributed by atoms with E-state index in [2.05, 4.69) is 5.32 Å². The maximum Gasteiger partial charge on any atom is 0.394 e. The molecular formula is C18H23F3N2O4. The summed E-state index contributed by atoms with van der Waals surface area (Å²) in [5.41, 5.74) is 0.751. The van der Waals surface area contributed by atoms with E-state index in [9.17, 15) is 22.8 Å². The van der Waals surface area contributed by atoms with Crippen LogP contribution in [0.15, 0.2) is 24.3 Å². The first-order valence-corrected chi connectivity index (χ1v) is 8.60. The zero-order valence-electron chi connectivity index (χ0n) is 15.3. The molecule has 1 heterocycles. The molecule has 0 bridgehead atoms. The topological polar surface area (TPSA) is 78.9 Å². The highest BCUT2D eigenvalue weighted by Crippen LogP contribution is 2.37. The molecule has 2 amide bonds. The summed E-state index contributed by atoms with van der Waals surface area (Å²) in [5.74, 6) is -4.60. The summed E-state index contributed by atoms with van der Waals surface area (Å²) < 4.78 is 44.6. The first kappa shape index (κ1) is 20.9. The van der Waals surface area contributed by atoms with Gasteiger partial charge in [0, 0.05) is 13.1 Å². The Morgan fingerprint density at radius 2 is 1.78 bits per heavy atom. The lowest BCUT2D eigenvalue weighted by Crippen LogP contribution is -2.40. The number of nitrogens with zero attached hydrogens (tertiary/aromatic N) is 1. The van der Waals surface area contributed by atoms with E-state index in [0.29, 0.717) is 5.75 Å². The van der Waals surface area contributed by atoms with Gasteiger partial charge in [0.15, 0.2) is 0 Å². The third-order valence-corrected chi connectivity index (χ3v) is 4.44. The Balaban J connectivity index is 2.01. The number of carboxylic acid groups (broad SMARTS) is 1. The van der Waals surface area contributed by atoms with Gasteiger partial charge in [-0.05, 0) is 38.5 Å². The first-order valence-electron chi connectivity index (χ1n) is 8.60. The number of aliphatic carboxylic acids is 1. The third-order valence-electron chi connectivity index (χ3n) is 4.44. The molecule has 9 heteroatoms. The van der Waals surface area contributed by atoms with Gasteiger partial charge in [0.1, 0.15) is 5.75 Å². The van der Waals surface area contributed by atoms with E-state index in [-0.39, 0.29) is 6.10 Å². The van der Waals surface area contributed by atoms with Crippen LogP contribution >= 0.6 is 0 Å². The molecule has 0 spiro atoms. The average Bonchev–Trinajstić information content (AvgIpc) is 3.01. The number of hydrogen-bond acceptors (Lipinski definition) is 3. The van der Waals surface area contributed by atoms with E-state index in [1.807, 2.05) is 13.8 Å². The zero-order valence-corrected chi connectivity index (χ0v) is 15.3. The summed E-state index contributed by atoms with van der Waals surface area (Å²) in [4.78, 5) is 24.3. The van der Waals surface area contributed by atoms with Crippen molar-refractivity contribution in [1.29, 1.82) is 0 Å². The quantitative estimate of drug-likeness (QED) is 0.810. The standard InChI is InChI=1S/C18H23F3N2O4/c1-10(2)27-13-6-4-12(5-7-13)11(3)22-17(26)23-8-14(16(24)25)15(9-23)18(19,20)21/h4-7,10-11,14-15H,8-9H2,1-3H3,(H,22,26)(H,24,25)/t11?,14-,15-/m1/s1. The largest absolute Gasteiger partial charge is 0.491 e. The van der Waals surface area contributed by atoms with E-state index < -0.39 is 49.1 Å². The molecular weight excluding hydrogens is 365 g/mol. The lowest BCUT2D eigenvalue weighted by molar-refractivity contribution is -0.187. The van der Waals surface area contributed by atoms with Crippen LogP contribution in [0.25, 0.3) is 0 Å². The van der Waals surface area contributed by atoms with Crippen LogP contribution in [0.5, 0.6) is 5.75 Å². The first-order chi connectivity index (χ1) is 12.5. The van der Waals surface area contributed by atoms with Crippen molar-refractivity contribution in [2.75, 3.05) is 13.1 Å². The van der Waals surface area contributed by atoms with Gasteiger partial charge in [0.05, 0.1) is 24.0 Å². The third kappa shape index (κ3) is 5.27. The van der Waals surface area contributed by atoms with E-state index in [1.165, 1.54) is 0 Å². The maximum atomic E-state index is 13.0. The molecule has 1 fully saturated rings. The molecule has 1 aliphatic rings. The van der Waals surface area contributed by atoms with Crippen molar-refractivity contribution >= 4 is 12.0 Å². The zero-order chi connectivity index (χ0) is 20.4. The van der Waals surface area contributed by atoms with Crippen molar-refractivity contribution in [1.82, 2.24) is 10.2 Å². The highest BCUT2D eigenvalue weighted by atomic mass is 19.4. The number of carboxylic acids is 1. The van der Waals surface area contributed by atoms with Crippen LogP contribution in [-0.4, -0.2) is 47.4 Å². The van der Waals surface area contributed by atoms with Crippen LogP contribution in [0.4, 0.5) is 18.0 Å². The number of carbonyl (C=O) groups excluding carboxylic acids is 1. The number of benzene rings is 1. The van der Waals surface area contributed by atoms with Crippen molar-refractivity contribution in [3.63, 3.8) is 0 Å². The molecule has 150 valence electrons. The van der Waals surface area contributed by atoms with Crippen LogP contribution in [0, 0.1) is 11.8 Å². The van der Waals surface area contributed by atoms with Crippen molar-refractivity contribution in [2.45, 2.75) is 39.1 Å². The van der Waals surface area contributed by atoms with Gasteiger partial charge >= 0.3 is 18.2 Å². The molecule has 1 unspecified atom stereocenters. The van der Waals surface area contributed by atoms with Gasteiger partial charge in [0.25, 0.3) is 0 Å². The number of halogens is 3. The lowest BCUT2D eigenvalue weighted by atomic mass is 9.96. The van der Waals surface area contributed by atoms with Gasteiger partial charge in [-0.3, -0.25) is 4.79 Å². The number of rotatable bonds is 5. The van der Waals surface area contributed by atoms with Crippen LogP contribution in [0.1, 0.15) is 32.4 Å². The number of ether oxygens (including phenoxy) is 1. The van der Waals surface area contributed by atoms with Gasteiger partial charge in [0.2, 0.25) is 0 Å². The van der Waals surface area contributed by atoms with Gasteiger partial charge in [-0.25, -0.2) is 4.79 Å². The molecule has 2 rings (SSSR count). The second-order valence-electron chi connectivity index (χ2n) is 6.90. The lowest BCUT2D eigenvalue weighted by Gasteiger charge is -2.22. The summed E-state index contributed by atoms with van der Waals surface area (Å²) in [5, 5.41) is 11.6. The Bertz CT molecular complexity index is 676. The van der Waals surface area contributed by atoms with Gasteiger partial charge in [-0.2, -0.15) is 13.2 Å². The molecule has 1 aliphatic heterocycles. The van der Waals surface area contributed by atoms with E-state index in [4.69, 9.17) is 9.84 Å². The highest BCUT2D eigenvalue weighted by Gasteiger charge is 2.53. The van der Waals surface area contributed by atoms with Crippen LogP contribution in [-0.2, 0) is 4.79 Å². The summed E-state index contributed by atoms with van der Waals surface area (Å²) >= 11 is 0. The van der Waals surface area contributed by atoms with Crippen molar-refractivity contribution in [2.24, 2.45) is 11.8 Å². The van der Waals surface area contributed by atoms with Crippen LogP contribution in [0.3, 0.4) is 0 Å². The minimum Gasteiger partial charge on any atom is -0.491 e. The van der Waals surface area contributed by atoms with Crippen molar-refractivity contribution in [3.05, 3.63) is 29.8 Å². The summed E-state index contributed by atoms with van der Waals surface area (Å²) in [7, 11) is 0. The molecule has 3 atom stereocenters. The molecule has 0 aromatic heterocycles. The van der Waals surface area contributed by atoms with E-state index >= 15 is 0 Å². The predicted molar refractivity (Wildman–Crippen MR) is 91.4 cm³/mol. The van der Waals surface area contributed by atoms with Gasteiger partial charge in [-0.1, -0.05) is 12.1 Å². The smallest absolute Gasteiger partial charge is 0.394 e. The monoisotopic (exact) mass is 388 g/mol. The normalized spacial score (nSPS) is 21.2. The Kier molecular flexibility index (Phi) is 6.22. The van der Waals surface area contributed by atoms with Gasteiger partial charge in [-0.15, -0.1) is 0 Å². The Morgan fingerprint density at radius 3 is 2.22 bits per heavy atom. The number of nitrogens with one attached hydrogen (secondary N) is 1. The molecule has 0 saturated carbocycles. The summed E-state index contributed by atoms with van der Waals surface area (Å²) in [6.07, 6.45) is -4.65. The number of alkyl halides is 3. The molecule has 27 heavy (non-hydrogen) atoms. The molecule has 1 aromatic carbocycles. The number of likely N-dealkylation sites (tertiary alicyclic amines) is 1. The minimum absolute atomic E-state index is 0.0203. The fourth-order valence-corrected chi connectivity index (χ4v) is 3.02. The van der Waals surface area contributed by atoms with E-state index in [1.54, 1.807) is 31.2 Å². The predicted octanol–water partition coefficient (Wildman–Crippen LogP) is 3.44. The van der Waals surface area contributed by atoms with Crippen LogP contribution in [0.2, 0.25) is 0 Å². The fourth-order valence-electron chi connectivity index (χ4n) is 3.02. The van der Waals surface area contributed by atoms with Crippen molar-refractivity contribution in [3.8, 4) is 5.75 Å². The summed E-state index contributed by atoms with van der Waals surface area (Å²) in [6, 6.07) is 5.82. The van der Waals surface area contributed by atoms with Gasteiger partial charge < -0.3 is 20.1 Å². The number of amides is 2. The molecule has 0 radical (unpaired) electrons. The van der Waals surface area contributed by atoms with Crippen molar-refractivity contribution < 1.29 is 32.6 Å². The fraction of sp³-hybridized carbons (Fsp3) is 0.556. The Hall–Kier alpha value is -2.45. The summed E-state index contributed by atoms with van der Waals surface area (Å²) in [6.45, 7) is 4.35. The molecule has 0 aliphatic carbocycles. The van der Waals surface area contributed by atoms with E-state index in [0.717, 1.165) is 10.5 Å². The average molecular weight is 388 g/mol. The Labute approximate surface area is 155 Å². The number of urea groups is 1. The number of carbonyl (C=O) groups is 2. The maximum absolute atomic E-state index is 13.0. The second-order valence-corrected chi connectivity index (χ2v) is 6.90. The molecule has 1 saturated heterocycles. The van der Waals surface area contributed by atoms with Crippen LogP contribution < -0.4 is 10.1 Å². The minimum atomic E-state index is -4.67. The number of hydrogen-bond donors (Lipinski definition) is 2. The molecule has 2 N–H and O–H groups in total. The molecule has 6 nitrogen and oxygen atoms in total. The highest BCUT2D eigenvalue weighted by molar-refractivity contribution is 5.78. The SMILES string of the molecule is CC(C)Oc1ccc(C(C)NC(=O)N2C[C@@H](C(F)(F)F)[C@H](C(=O)O)C2)cc1. The molecule has 1 aromatic rings.